The molecule has 0 atom stereocenters. The molecule has 0 aliphatic carbocycles. The minimum Gasteiger partial charge on any atom is -0.258 e. The molecule has 1 aromatic heterocycles. The Kier molecular flexibility index (Phi) is 5.42. The lowest BCUT2D eigenvalue weighted by molar-refractivity contribution is -0.396. The predicted molar refractivity (Wildman–Crippen MR) is 83.3 cm³/mol. The van der Waals surface area contributed by atoms with Gasteiger partial charge in [-0.05, 0) is 11.8 Å². The molecule has 0 saturated carbocycles. The van der Waals surface area contributed by atoms with Crippen LogP contribution in [0.5, 0.6) is 0 Å². The molecule has 0 bridgehead atoms. The maximum atomic E-state index is 10.9. The fraction of sp³-hybridized carbons (Fsp3) is 0.400. The summed E-state index contributed by atoms with van der Waals surface area (Å²) in [4.78, 5) is 23.9. The first-order valence-electron chi connectivity index (χ1n) is 5.30. The van der Waals surface area contributed by atoms with Gasteiger partial charge in [-0.1, -0.05) is 33.0 Å². The second-order valence-corrected chi connectivity index (χ2v) is 8.62. The molecule has 1 rings (SSSR count). The molecule has 0 amide bonds. The summed E-state index contributed by atoms with van der Waals surface area (Å²) in [5.74, 6) is 0. The van der Waals surface area contributed by atoms with Crippen LogP contribution in [0, 0.1) is 20.2 Å². The van der Waals surface area contributed by atoms with Crippen molar-refractivity contribution in [3.05, 3.63) is 32.5 Å². The average Bonchev–Trinajstić information content (AvgIpc) is 2.25. The number of nitrogens with zero attached hydrogens (tertiary/aromatic N) is 3. The zero-order chi connectivity index (χ0) is 15.5. The number of nitro groups is 2. The van der Waals surface area contributed by atoms with Crippen molar-refractivity contribution in [1.82, 2.24) is 4.98 Å². The standard InChI is InChI=1S/C10H11N3O4S3/c1-10(2,3)20-9(18)19-8-7(13(16)17)4-6(5-11-8)12(14)15/h4-5H,1-3H3. The molecule has 7 nitrogen and oxygen atoms in total. The summed E-state index contributed by atoms with van der Waals surface area (Å²) in [6.07, 6.45) is 0.986. The Morgan fingerprint density at radius 2 is 1.90 bits per heavy atom. The third-order valence-electron chi connectivity index (χ3n) is 1.79. The maximum Gasteiger partial charge on any atom is 0.308 e. The van der Waals surface area contributed by atoms with Crippen LogP contribution in [0.3, 0.4) is 0 Å². The Balaban J connectivity index is 3.03. The van der Waals surface area contributed by atoms with E-state index in [0.717, 1.165) is 24.0 Å². The smallest absolute Gasteiger partial charge is 0.258 e. The molecule has 0 spiro atoms. The summed E-state index contributed by atoms with van der Waals surface area (Å²) in [6.45, 7) is 5.88. The number of aromatic nitrogens is 1. The molecule has 0 aromatic carbocycles. The highest BCUT2D eigenvalue weighted by atomic mass is 32.2. The molecule has 0 saturated heterocycles. The normalized spacial score (nSPS) is 11.2. The first kappa shape index (κ1) is 16.8. The summed E-state index contributed by atoms with van der Waals surface area (Å²) in [5.41, 5.74) is -0.837. The van der Waals surface area contributed by atoms with Crippen LogP contribution in [0.1, 0.15) is 20.8 Å². The van der Waals surface area contributed by atoms with E-state index < -0.39 is 21.2 Å². The van der Waals surface area contributed by atoms with Crippen molar-refractivity contribution in [3.8, 4) is 0 Å². The lowest BCUT2D eigenvalue weighted by Crippen LogP contribution is -2.09. The maximum absolute atomic E-state index is 10.9. The molecule has 1 aromatic rings. The van der Waals surface area contributed by atoms with E-state index in [-0.39, 0.29) is 9.77 Å². The molecule has 1 heterocycles. The van der Waals surface area contributed by atoms with Crippen LogP contribution in [-0.4, -0.2) is 23.1 Å². The van der Waals surface area contributed by atoms with Gasteiger partial charge < -0.3 is 0 Å². The van der Waals surface area contributed by atoms with Gasteiger partial charge in [-0.15, -0.1) is 11.8 Å². The van der Waals surface area contributed by atoms with Gasteiger partial charge in [-0.3, -0.25) is 20.2 Å². The Morgan fingerprint density at radius 1 is 1.30 bits per heavy atom. The molecule has 0 aliphatic heterocycles. The summed E-state index contributed by atoms with van der Waals surface area (Å²) in [5, 5.41) is 21.6. The van der Waals surface area contributed by atoms with Gasteiger partial charge in [-0.2, -0.15) is 0 Å². The Bertz CT molecular complexity index is 571. The van der Waals surface area contributed by atoms with Gasteiger partial charge in [0.25, 0.3) is 5.69 Å². The first-order chi connectivity index (χ1) is 9.10. The number of pyridine rings is 1. The highest BCUT2D eigenvalue weighted by Crippen LogP contribution is 2.37. The van der Waals surface area contributed by atoms with Crippen LogP contribution in [0.4, 0.5) is 11.4 Å². The quantitative estimate of drug-likeness (QED) is 0.356. The van der Waals surface area contributed by atoms with Gasteiger partial charge in [-0.25, -0.2) is 4.98 Å². The summed E-state index contributed by atoms with van der Waals surface area (Å²) < 4.78 is 0.349. The molecule has 20 heavy (non-hydrogen) atoms. The molecular weight excluding hydrogens is 322 g/mol. The van der Waals surface area contributed by atoms with E-state index in [4.69, 9.17) is 12.2 Å². The SMILES string of the molecule is CC(C)(C)SC(=S)Sc1ncc([N+](=O)[O-])cc1[N+](=O)[O-]. The number of rotatable bonds is 3. The van der Waals surface area contributed by atoms with E-state index in [1.165, 1.54) is 11.8 Å². The fourth-order valence-electron chi connectivity index (χ4n) is 1.09. The molecule has 10 heteroatoms. The van der Waals surface area contributed by atoms with Crippen molar-refractivity contribution in [3.63, 3.8) is 0 Å². The van der Waals surface area contributed by atoms with Crippen molar-refractivity contribution in [2.45, 2.75) is 30.5 Å². The molecule has 0 aliphatic rings. The van der Waals surface area contributed by atoms with Gasteiger partial charge in [0.1, 0.15) is 9.73 Å². The van der Waals surface area contributed by atoms with Crippen molar-refractivity contribution in [2.24, 2.45) is 0 Å². The summed E-state index contributed by atoms with van der Waals surface area (Å²) in [6, 6.07) is 0.889. The number of hydrogen-bond donors (Lipinski definition) is 0. The summed E-state index contributed by atoms with van der Waals surface area (Å²) >= 11 is 7.49. The average molecular weight is 333 g/mol. The third-order valence-corrected chi connectivity index (χ3v) is 4.25. The first-order valence-corrected chi connectivity index (χ1v) is 7.34. The van der Waals surface area contributed by atoms with Crippen LogP contribution in [0.25, 0.3) is 0 Å². The minimum absolute atomic E-state index is 0.0577. The molecule has 0 unspecified atom stereocenters. The number of thiocarbonyl (C=S) groups is 1. The van der Waals surface area contributed by atoms with Crippen LogP contribution >= 0.6 is 35.7 Å². The minimum atomic E-state index is -0.726. The van der Waals surface area contributed by atoms with Crippen LogP contribution in [0.2, 0.25) is 0 Å². The van der Waals surface area contributed by atoms with Gasteiger partial charge >= 0.3 is 5.69 Å². The Hall–Kier alpha value is -1.26. The monoisotopic (exact) mass is 333 g/mol. The Labute approximate surface area is 128 Å². The van der Waals surface area contributed by atoms with Gasteiger partial charge in [0, 0.05) is 4.75 Å². The molecular formula is C10H11N3O4S3. The van der Waals surface area contributed by atoms with E-state index >= 15 is 0 Å². The topological polar surface area (TPSA) is 99.2 Å². The molecule has 0 N–H and O–H groups in total. The predicted octanol–water partition coefficient (Wildman–Crippen LogP) is 3.81. The van der Waals surface area contributed by atoms with Crippen LogP contribution in [0.15, 0.2) is 17.3 Å². The molecule has 0 fully saturated rings. The molecule has 108 valence electrons. The molecule has 0 radical (unpaired) electrons. The van der Waals surface area contributed by atoms with E-state index in [0.29, 0.717) is 3.53 Å². The largest absolute Gasteiger partial charge is 0.308 e. The van der Waals surface area contributed by atoms with E-state index in [9.17, 15) is 20.2 Å². The highest BCUT2D eigenvalue weighted by molar-refractivity contribution is 8.47. The zero-order valence-corrected chi connectivity index (χ0v) is 13.3. The second kappa shape index (κ2) is 6.46. The fourth-order valence-corrected chi connectivity index (χ4v) is 4.23. The number of thioether (sulfide) groups is 2. The van der Waals surface area contributed by atoms with Crippen molar-refractivity contribution >= 4 is 50.6 Å². The van der Waals surface area contributed by atoms with Crippen LogP contribution in [-0.2, 0) is 0 Å². The van der Waals surface area contributed by atoms with Crippen molar-refractivity contribution in [1.29, 1.82) is 0 Å². The third kappa shape index (κ3) is 5.02. The van der Waals surface area contributed by atoms with Gasteiger partial charge in [0.05, 0.1) is 15.9 Å². The Morgan fingerprint density at radius 3 is 2.35 bits per heavy atom. The van der Waals surface area contributed by atoms with E-state index in [1.807, 2.05) is 20.8 Å². The second-order valence-electron chi connectivity index (χ2n) is 4.60. The zero-order valence-electron chi connectivity index (χ0n) is 10.9. The lowest BCUT2D eigenvalue weighted by atomic mass is 10.3. The van der Waals surface area contributed by atoms with Crippen LogP contribution < -0.4 is 0 Å². The van der Waals surface area contributed by atoms with E-state index in [2.05, 4.69) is 4.98 Å². The van der Waals surface area contributed by atoms with Gasteiger partial charge in [0.2, 0.25) is 0 Å². The lowest BCUT2D eigenvalue weighted by Gasteiger charge is -2.16. The van der Waals surface area contributed by atoms with E-state index in [1.54, 1.807) is 0 Å². The number of hydrogen-bond acceptors (Lipinski definition) is 8. The van der Waals surface area contributed by atoms with Gasteiger partial charge in [0.15, 0.2) is 5.03 Å². The highest BCUT2D eigenvalue weighted by Gasteiger charge is 2.24. The van der Waals surface area contributed by atoms with Crippen molar-refractivity contribution < 1.29 is 9.85 Å². The summed E-state index contributed by atoms with van der Waals surface area (Å²) in [7, 11) is 0. The van der Waals surface area contributed by atoms with Crippen molar-refractivity contribution in [2.75, 3.05) is 0 Å².